The lowest BCUT2D eigenvalue weighted by Gasteiger charge is -2.05. The van der Waals surface area contributed by atoms with Gasteiger partial charge in [0.2, 0.25) is 0 Å². The van der Waals surface area contributed by atoms with Crippen LogP contribution in [-0.2, 0) is 6.42 Å². The summed E-state index contributed by atoms with van der Waals surface area (Å²) in [6.07, 6.45) is 3.39. The first-order valence-electron chi connectivity index (χ1n) is 6.07. The zero-order valence-electron chi connectivity index (χ0n) is 10.6. The number of benzene rings is 1. The highest BCUT2D eigenvalue weighted by molar-refractivity contribution is 5.27. The first-order chi connectivity index (χ1) is 8.36. The number of nitrogens with two attached hydrogens (primary N) is 1. The summed E-state index contributed by atoms with van der Waals surface area (Å²) in [5, 5.41) is 2.15. The Morgan fingerprint density at radius 2 is 1.94 bits per heavy atom. The molecule has 0 radical (unpaired) electrons. The molecule has 0 saturated heterocycles. The number of hydrogen-bond donors (Lipinski definition) is 1. The fraction of sp³-hybridized carbons (Fsp3) is 0.429. The Hall–Kier alpha value is -1.06. The van der Waals surface area contributed by atoms with Gasteiger partial charge >= 0.3 is 0 Å². The lowest BCUT2D eigenvalue weighted by Crippen LogP contribution is -3.00. The molecular formula is C14H21ClFNO. The minimum Gasteiger partial charge on any atom is -1.00 e. The van der Waals surface area contributed by atoms with Crippen LogP contribution in [0, 0.1) is 0 Å². The SMILES string of the molecule is C=CCOc1ccc(CC[NH2+]CCCF)cc1.[Cl-]. The quantitative estimate of drug-likeness (QED) is 0.440. The third kappa shape index (κ3) is 7.30. The van der Waals surface area contributed by atoms with Gasteiger partial charge in [0.25, 0.3) is 0 Å². The molecule has 0 aliphatic carbocycles. The first-order valence-corrected chi connectivity index (χ1v) is 6.07. The van der Waals surface area contributed by atoms with Crippen molar-refractivity contribution in [3.05, 3.63) is 42.5 Å². The molecule has 0 aromatic heterocycles. The molecule has 0 heterocycles. The van der Waals surface area contributed by atoms with E-state index in [4.69, 9.17) is 4.74 Å². The standard InChI is InChI=1S/C14H20FNO.ClH/c1-2-12-17-14-6-4-13(5-7-14)8-11-16-10-3-9-15;/h2,4-7,16H,1,3,8-12H2;1H. The summed E-state index contributed by atoms with van der Waals surface area (Å²) in [5.41, 5.74) is 1.28. The Balaban J connectivity index is 0.00000289. The van der Waals surface area contributed by atoms with E-state index in [1.165, 1.54) is 5.56 Å². The average molecular weight is 274 g/mol. The van der Waals surface area contributed by atoms with Crippen molar-refractivity contribution in [1.82, 2.24) is 0 Å². The zero-order valence-corrected chi connectivity index (χ0v) is 11.3. The van der Waals surface area contributed by atoms with Gasteiger partial charge in [-0.1, -0.05) is 24.8 Å². The maximum atomic E-state index is 11.8. The van der Waals surface area contributed by atoms with E-state index in [2.05, 4.69) is 24.0 Å². The van der Waals surface area contributed by atoms with Crippen LogP contribution >= 0.6 is 0 Å². The van der Waals surface area contributed by atoms with Gasteiger partial charge in [-0.05, 0) is 17.7 Å². The van der Waals surface area contributed by atoms with Gasteiger partial charge < -0.3 is 22.5 Å². The molecule has 0 amide bonds. The Morgan fingerprint density at radius 3 is 2.56 bits per heavy atom. The van der Waals surface area contributed by atoms with Crippen LogP contribution in [0.15, 0.2) is 36.9 Å². The Morgan fingerprint density at radius 1 is 1.22 bits per heavy atom. The van der Waals surface area contributed by atoms with E-state index in [9.17, 15) is 4.39 Å². The molecule has 1 aromatic carbocycles. The second-order valence-electron chi connectivity index (χ2n) is 3.90. The molecule has 0 spiro atoms. The first kappa shape index (κ1) is 16.9. The van der Waals surface area contributed by atoms with Crippen molar-refractivity contribution in [2.75, 3.05) is 26.4 Å². The number of rotatable bonds is 9. The molecule has 2 nitrogen and oxygen atoms in total. The van der Waals surface area contributed by atoms with Crippen molar-refractivity contribution in [1.29, 1.82) is 0 Å². The number of halogens is 2. The molecule has 0 fully saturated rings. The molecule has 0 aliphatic rings. The van der Waals surface area contributed by atoms with Crippen molar-refractivity contribution in [3.63, 3.8) is 0 Å². The fourth-order valence-electron chi connectivity index (χ4n) is 1.54. The topological polar surface area (TPSA) is 25.8 Å². The van der Waals surface area contributed by atoms with Crippen molar-refractivity contribution in [2.45, 2.75) is 12.8 Å². The van der Waals surface area contributed by atoms with E-state index in [1.807, 2.05) is 12.1 Å². The van der Waals surface area contributed by atoms with Crippen LogP contribution in [0.2, 0.25) is 0 Å². The monoisotopic (exact) mass is 273 g/mol. The number of hydrogen-bond acceptors (Lipinski definition) is 1. The van der Waals surface area contributed by atoms with Crippen LogP contribution in [0.25, 0.3) is 0 Å². The van der Waals surface area contributed by atoms with Crippen LogP contribution in [0.3, 0.4) is 0 Å². The minimum absolute atomic E-state index is 0. The van der Waals surface area contributed by atoms with Gasteiger partial charge in [0, 0.05) is 12.8 Å². The van der Waals surface area contributed by atoms with Crippen LogP contribution in [0.1, 0.15) is 12.0 Å². The molecular weight excluding hydrogens is 253 g/mol. The molecule has 1 rings (SSSR count). The molecule has 0 unspecified atom stereocenters. The minimum atomic E-state index is -0.216. The smallest absolute Gasteiger partial charge is 0.119 e. The van der Waals surface area contributed by atoms with Gasteiger partial charge in [-0.3, -0.25) is 4.39 Å². The summed E-state index contributed by atoms with van der Waals surface area (Å²) >= 11 is 0. The predicted molar refractivity (Wildman–Crippen MR) is 68.1 cm³/mol. The second kappa shape index (κ2) is 11.1. The van der Waals surface area contributed by atoms with E-state index in [0.29, 0.717) is 13.0 Å². The average Bonchev–Trinajstić information content (AvgIpc) is 2.37. The predicted octanol–water partition coefficient (Wildman–Crippen LogP) is -1.28. The number of quaternary nitrogens is 1. The highest BCUT2D eigenvalue weighted by Crippen LogP contribution is 2.12. The largest absolute Gasteiger partial charge is 1.00 e. The molecule has 0 atom stereocenters. The van der Waals surface area contributed by atoms with Gasteiger partial charge in [-0.2, -0.15) is 0 Å². The second-order valence-corrected chi connectivity index (χ2v) is 3.90. The molecule has 2 N–H and O–H groups in total. The molecule has 4 heteroatoms. The highest BCUT2D eigenvalue weighted by Gasteiger charge is 1.97. The molecule has 0 bridgehead atoms. The van der Waals surface area contributed by atoms with Gasteiger partial charge in [-0.25, -0.2) is 0 Å². The highest BCUT2D eigenvalue weighted by atomic mass is 35.5. The summed E-state index contributed by atoms with van der Waals surface area (Å²) in [5.74, 6) is 0.870. The number of alkyl halides is 1. The summed E-state index contributed by atoms with van der Waals surface area (Å²) in [7, 11) is 0. The van der Waals surface area contributed by atoms with Gasteiger partial charge in [-0.15, -0.1) is 0 Å². The van der Waals surface area contributed by atoms with Crippen molar-refractivity contribution >= 4 is 0 Å². The van der Waals surface area contributed by atoms with Crippen LogP contribution in [0.5, 0.6) is 5.75 Å². The maximum Gasteiger partial charge on any atom is 0.119 e. The van der Waals surface area contributed by atoms with Crippen LogP contribution < -0.4 is 22.5 Å². The van der Waals surface area contributed by atoms with Gasteiger partial charge in [0.05, 0.1) is 19.8 Å². The summed E-state index contributed by atoms with van der Waals surface area (Å²) in [4.78, 5) is 0. The maximum absolute atomic E-state index is 11.8. The Kier molecular flexibility index (Phi) is 10.4. The van der Waals surface area contributed by atoms with Crippen molar-refractivity contribution in [3.8, 4) is 5.75 Å². The summed E-state index contributed by atoms with van der Waals surface area (Å²) in [6, 6.07) is 8.09. The molecule has 0 saturated carbocycles. The van der Waals surface area contributed by atoms with E-state index >= 15 is 0 Å². The summed E-state index contributed by atoms with van der Waals surface area (Å²) < 4.78 is 17.2. The Labute approximate surface area is 115 Å². The normalized spacial score (nSPS) is 9.61. The van der Waals surface area contributed by atoms with Gasteiger partial charge in [0.15, 0.2) is 0 Å². The molecule has 1 aromatic rings. The third-order valence-electron chi connectivity index (χ3n) is 2.47. The van der Waals surface area contributed by atoms with Gasteiger partial charge in [0.1, 0.15) is 12.4 Å². The fourth-order valence-corrected chi connectivity index (χ4v) is 1.54. The molecule has 18 heavy (non-hydrogen) atoms. The van der Waals surface area contributed by atoms with Crippen LogP contribution in [0.4, 0.5) is 4.39 Å². The van der Waals surface area contributed by atoms with E-state index in [1.54, 1.807) is 6.08 Å². The van der Waals surface area contributed by atoms with Crippen LogP contribution in [-0.4, -0.2) is 26.4 Å². The van der Waals surface area contributed by atoms with E-state index in [-0.39, 0.29) is 19.1 Å². The lowest BCUT2D eigenvalue weighted by molar-refractivity contribution is -0.654. The zero-order chi connectivity index (χ0) is 12.3. The third-order valence-corrected chi connectivity index (χ3v) is 2.47. The Bertz CT molecular complexity index is 316. The number of ether oxygens (including phenoxy) is 1. The van der Waals surface area contributed by atoms with E-state index < -0.39 is 0 Å². The lowest BCUT2D eigenvalue weighted by atomic mass is 10.1. The van der Waals surface area contributed by atoms with E-state index in [0.717, 1.165) is 25.3 Å². The van der Waals surface area contributed by atoms with Crippen molar-refractivity contribution in [2.24, 2.45) is 0 Å². The van der Waals surface area contributed by atoms with Crippen molar-refractivity contribution < 1.29 is 26.9 Å². The molecule has 0 aliphatic heterocycles. The summed E-state index contributed by atoms with van der Waals surface area (Å²) in [6.45, 7) is 5.80. The molecule has 102 valence electrons.